The van der Waals surface area contributed by atoms with Gasteiger partial charge >= 0.3 is 0 Å². The van der Waals surface area contributed by atoms with E-state index in [2.05, 4.69) is 15.8 Å². The molecule has 17 heavy (non-hydrogen) atoms. The number of nitrogens with one attached hydrogen (secondary N) is 2. The van der Waals surface area contributed by atoms with Crippen molar-refractivity contribution < 1.29 is 14.8 Å². The number of amidine groups is 1. The van der Waals surface area contributed by atoms with Crippen molar-refractivity contribution in [2.75, 3.05) is 6.54 Å². The zero-order valence-electron chi connectivity index (χ0n) is 10.4. The third kappa shape index (κ3) is 7.15. The Kier molecular flexibility index (Phi) is 6.69. The van der Waals surface area contributed by atoms with Gasteiger partial charge in [-0.15, -0.1) is 0 Å². The van der Waals surface area contributed by atoms with Crippen LogP contribution in [0.15, 0.2) is 5.16 Å². The number of hydrogen-bond acceptors (Lipinski definition) is 4. The van der Waals surface area contributed by atoms with Gasteiger partial charge in [0, 0.05) is 6.54 Å². The van der Waals surface area contributed by atoms with E-state index in [-0.39, 0.29) is 18.2 Å². The molecule has 0 aliphatic heterocycles. The molecule has 0 saturated heterocycles. The fourth-order valence-electron chi connectivity index (χ4n) is 1.02. The molecule has 0 aromatic heterocycles. The minimum atomic E-state index is -0.646. The molecule has 0 spiro atoms. The van der Waals surface area contributed by atoms with Crippen molar-refractivity contribution in [1.29, 1.82) is 0 Å². The second kappa shape index (κ2) is 7.48. The van der Waals surface area contributed by atoms with Crippen LogP contribution in [0.1, 0.15) is 27.2 Å². The lowest BCUT2D eigenvalue weighted by Crippen LogP contribution is -2.46. The Morgan fingerprint density at radius 2 is 1.94 bits per heavy atom. The zero-order chi connectivity index (χ0) is 13.4. The fraction of sp³-hybridized carbons (Fsp3) is 0.700. The minimum absolute atomic E-state index is 0.197. The molecule has 1 unspecified atom stereocenters. The SMILES string of the molecule is CC(C)CNC(=O)C(C)NC(=O)CC(N)=NO. The number of carbonyl (C=O) groups is 2. The van der Waals surface area contributed by atoms with E-state index in [4.69, 9.17) is 10.9 Å². The van der Waals surface area contributed by atoms with Gasteiger partial charge in [0.2, 0.25) is 11.8 Å². The van der Waals surface area contributed by atoms with Crippen molar-refractivity contribution in [2.24, 2.45) is 16.8 Å². The molecule has 1 atom stereocenters. The highest BCUT2D eigenvalue weighted by Gasteiger charge is 2.16. The summed E-state index contributed by atoms with van der Waals surface area (Å²) < 4.78 is 0. The lowest BCUT2D eigenvalue weighted by Gasteiger charge is -2.14. The van der Waals surface area contributed by atoms with Crippen LogP contribution in [-0.4, -0.2) is 35.4 Å². The minimum Gasteiger partial charge on any atom is -0.409 e. The van der Waals surface area contributed by atoms with E-state index in [1.807, 2.05) is 13.8 Å². The molecular weight excluding hydrogens is 224 g/mol. The van der Waals surface area contributed by atoms with E-state index in [1.165, 1.54) is 0 Å². The molecule has 0 aliphatic carbocycles. The molecule has 0 saturated carbocycles. The highest BCUT2D eigenvalue weighted by molar-refractivity contribution is 6.00. The molecule has 0 bridgehead atoms. The summed E-state index contributed by atoms with van der Waals surface area (Å²) in [6, 6.07) is -0.646. The van der Waals surface area contributed by atoms with Crippen LogP contribution >= 0.6 is 0 Å². The summed E-state index contributed by atoms with van der Waals surface area (Å²) in [7, 11) is 0. The molecule has 5 N–H and O–H groups in total. The number of amides is 2. The van der Waals surface area contributed by atoms with Gasteiger partial charge in [-0.3, -0.25) is 9.59 Å². The van der Waals surface area contributed by atoms with Gasteiger partial charge in [-0.1, -0.05) is 19.0 Å². The van der Waals surface area contributed by atoms with Gasteiger partial charge in [-0.25, -0.2) is 0 Å². The summed E-state index contributed by atoms with van der Waals surface area (Å²) >= 11 is 0. The van der Waals surface area contributed by atoms with Gasteiger partial charge in [0.15, 0.2) is 0 Å². The quantitative estimate of drug-likeness (QED) is 0.216. The normalized spacial score (nSPS) is 13.3. The number of nitrogens with two attached hydrogens (primary N) is 1. The average molecular weight is 244 g/mol. The van der Waals surface area contributed by atoms with Crippen LogP contribution in [0, 0.1) is 5.92 Å². The van der Waals surface area contributed by atoms with Gasteiger partial charge in [0.1, 0.15) is 11.9 Å². The fourth-order valence-corrected chi connectivity index (χ4v) is 1.02. The van der Waals surface area contributed by atoms with Crippen molar-refractivity contribution in [2.45, 2.75) is 33.2 Å². The Morgan fingerprint density at radius 3 is 2.41 bits per heavy atom. The summed E-state index contributed by atoms with van der Waals surface area (Å²) in [5, 5.41) is 16.1. The van der Waals surface area contributed by atoms with Crippen molar-refractivity contribution in [3.05, 3.63) is 0 Å². The van der Waals surface area contributed by atoms with Gasteiger partial charge in [-0.05, 0) is 12.8 Å². The Labute approximate surface area is 100 Å². The molecule has 0 rings (SSSR count). The smallest absolute Gasteiger partial charge is 0.242 e. The maximum atomic E-state index is 11.5. The van der Waals surface area contributed by atoms with Gasteiger partial charge < -0.3 is 21.6 Å². The van der Waals surface area contributed by atoms with Crippen LogP contribution in [0.5, 0.6) is 0 Å². The molecule has 0 heterocycles. The molecule has 0 aromatic rings. The van der Waals surface area contributed by atoms with E-state index in [0.29, 0.717) is 12.5 Å². The monoisotopic (exact) mass is 244 g/mol. The van der Waals surface area contributed by atoms with Crippen LogP contribution in [0.4, 0.5) is 0 Å². The van der Waals surface area contributed by atoms with E-state index >= 15 is 0 Å². The van der Waals surface area contributed by atoms with Crippen molar-refractivity contribution in [3.63, 3.8) is 0 Å². The summed E-state index contributed by atoms with van der Waals surface area (Å²) in [4.78, 5) is 22.8. The molecule has 0 radical (unpaired) electrons. The van der Waals surface area contributed by atoms with Crippen LogP contribution in [0.2, 0.25) is 0 Å². The second-order valence-corrected chi connectivity index (χ2v) is 4.20. The molecule has 7 heteroatoms. The van der Waals surface area contributed by atoms with E-state index in [0.717, 1.165) is 0 Å². The molecular formula is C10H20N4O3. The Hall–Kier alpha value is -1.79. The lowest BCUT2D eigenvalue weighted by molar-refractivity contribution is -0.128. The second-order valence-electron chi connectivity index (χ2n) is 4.20. The molecule has 2 amide bonds. The molecule has 98 valence electrons. The van der Waals surface area contributed by atoms with Crippen LogP contribution < -0.4 is 16.4 Å². The standard InChI is InChI=1S/C10H20N4O3/c1-6(2)5-12-10(16)7(3)13-9(15)4-8(11)14-17/h6-7,17H,4-5H2,1-3H3,(H2,11,14)(H,12,16)(H,13,15). The first-order valence-electron chi connectivity index (χ1n) is 5.40. The largest absolute Gasteiger partial charge is 0.409 e. The number of oxime groups is 1. The maximum absolute atomic E-state index is 11.5. The van der Waals surface area contributed by atoms with Gasteiger partial charge in [0.25, 0.3) is 0 Å². The topological polar surface area (TPSA) is 117 Å². The Bertz CT molecular complexity index is 302. The molecule has 0 aromatic carbocycles. The van der Waals surface area contributed by atoms with E-state index < -0.39 is 11.9 Å². The van der Waals surface area contributed by atoms with E-state index in [9.17, 15) is 9.59 Å². The average Bonchev–Trinajstić information content (AvgIpc) is 2.25. The first-order chi connectivity index (χ1) is 7.86. The summed E-state index contributed by atoms with van der Waals surface area (Å²) in [6.07, 6.45) is -0.238. The third-order valence-electron chi connectivity index (χ3n) is 1.93. The summed E-state index contributed by atoms with van der Waals surface area (Å²) in [6.45, 7) is 6.07. The summed E-state index contributed by atoms with van der Waals surface area (Å²) in [5.41, 5.74) is 5.16. The predicted molar refractivity (Wildman–Crippen MR) is 63.5 cm³/mol. The highest BCUT2D eigenvalue weighted by Crippen LogP contribution is 1.90. The highest BCUT2D eigenvalue weighted by atomic mass is 16.4. The predicted octanol–water partition coefficient (Wildman–Crippen LogP) is -0.600. The Balaban J connectivity index is 4.03. The Morgan fingerprint density at radius 1 is 1.35 bits per heavy atom. The van der Waals surface area contributed by atoms with Crippen molar-refractivity contribution in [3.8, 4) is 0 Å². The van der Waals surface area contributed by atoms with Crippen LogP contribution in [0.3, 0.4) is 0 Å². The number of carbonyl (C=O) groups excluding carboxylic acids is 2. The molecule has 0 aliphatic rings. The number of nitrogens with zero attached hydrogens (tertiary/aromatic N) is 1. The van der Waals surface area contributed by atoms with Gasteiger partial charge in [0.05, 0.1) is 6.42 Å². The van der Waals surface area contributed by atoms with Crippen LogP contribution in [-0.2, 0) is 9.59 Å². The first-order valence-corrected chi connectivity index (χ1v) is 5.40. The number of hydrogen-bond donors (Lipinski definition) is 4. The third-order valence-corrected chi connectivity index (χ3v) is 1.93. The lowest BCUT2D eigenvalue weighted by atomic mass is 10.2. The van der Waals surface area contributed by atoms with Crippen LogP contribution in [0.25, 0.3) is 0 Å². The van der Waals surface area contributed by atoms with E-state index in [1.54, 1.807) is 6.92 Å². The number of rotatable bonds is 6. The maximum Gasteiger partial charge on any atom is 0.242 e. The van der Waals surface area contributed by atoms with Crippen molar-refractivity contribution >= 4 is 17.6 Å². The first kappa shape index (κ1) is 15.2. The summed E-state index contributed by atoms with van der Waals surface area (Å²) in [5.74, 6) is -0.574. The van der Waals surface area contributed by atoms with Gasteiger partial charge in [-0.2, -0.15) is 0 Å². The zero-order valence-corrected chi connectivity index (χ0v) is 10.4. The molecule has 7 nitrogen and oxygen atoms in total. The molecule has 0 fully saturated rings. The van der Waals surface area contributed by atoms with Crippen molar-refractivity contribution in [1.82, 2.24) is 10.6 Å².